The maximum atomic E-state index is 12.1. The Morgan fingerprint density at radius 1 is 0.960 bits per heavy atom. The number of benzene rings is 2. The zero-order valence-corrected chi connectivity index (χ0v) is 13.9. The molecule has 1 amide bonds. The maximum absolute atomic E-state index is 12.1. The number of hydrogen-bond donors (Lipinski definition) is 1. The lowest BCUT2D eigenvalue weighted by Crippen LogP contribution is -2.25. The van der Waals surface area contributed by atoms with Crippen LogP contribution in [0, 0.1) is 0 Å². The fourth-order valence-corrected chi connectivity index (χ4v) is 2.12. The Hall–Kier alpha value is -3.28. The lowest BCUT2D eigenvalue weighted by atomic mass is 10.1. The molecule has 128 valence electrons. The Bertz CT molecular complexity index is 824. The predicted octanol–water partition coefficient (Wildman–Crippen LogP) is 2.68. The van der Waals surface area contributed by atoms with Crippen LogP contribution in [0.3, 0.4) is 0 Å². The van der Waals surface area contributed by atoms with E-state index in [0.717, 1.165) is 0 Å². The number of methoxy groups -OCH3 is 1. The van der Waals surface area contributed by atoms with E-state index in [0.29, 0.717) is 22.6 Å². The van der Waals surface area contributed by atoms with Gasteiger partial charge in [-0.3, -0.25) is 19.2 Å². The average molecular weight is 339 g/mol. The third kappa shape index (κ3) is 4.84. The van der Waals surface area contributed by atoms with E-state index in [2.05, 4.69) is 5.32 Å². The largest absolute Gasteiger partial charge is 0.497 e. The van der Waals surface area contributed by atoms with Crippen molar-refractivity contribution in [3.8, 4) is 5.75 Å². The van der Waals surface area contributed by atoms with Crippen molar-refractivity contribution < 1.29 is 23.9 Å². The van der Waals surface area contributed by atoms with Gasteiger partial charge in [0.1, 0.15) is 5.75 Å². The number of ether oxygens (including phenoxy) is 1. The van der Waals surface area contributed by atoms with Crippen LogP contribution in [-0.2, 0) is 9.59 Å². The number of ketones is 3. The van der Waals surface area contributed by atoms with Crippen LogP contribution in [0.5, 0.6) is 5.75 Å². The van der Waals surface area contributed by atoms with E-state index >= 15 is 0 Å². The molecular weight excluding hydrogens is 322 g/mol. The Morgan fingerprint density at radius 2 is 1.64 bits per heavy atom. The van der Waals surface area contributed by atoms with E-state index in [9.17, 15) is 19.2 Å². The van der Waals surface area contributed by atoms with Gasteiger partial charge in [0, 0.05) is 16.8 Å². The van der Waals surface area contributed by atoms with Crippen LogP contribution >= 0.6 is 0 Å². The molecule has 6 nitrogen and oxygen atoms in total. The summed E-state index contributed by atoms with van der Waals surface area (Å²) in [6, 6.07) is 12.5. The van der Waals surface area contributed by atoms with Crippen molar-refractivity contribution in [1.29, 1.82) is 0 Å². The van der Waals surface area contributed by atoms with Crippen molar-refractivity contribution in [3.05, 3.63) is 59.7 Å². The van der Waals surface area contributed by atoms with Gasteiger partial charge in [0.15, 0.2) is 11.6 Å². The Morgan fingerprint density at radius 3 is 2.24 bits per heavy atom. The van der Waals surface area contributed by atoms with E-state index in [4.69, 9.17) is 4.74 Å². The molecule has 0 saturated carbocycles. The highest BCUT2D eigenvalue weighted by molar-refractivity contribution is 6.44. The first-order chi connectivity index (χ1) is 11.9. The standard InChI is InChI=1S/C19H17NO5/c1-12(21)14-4-3-5-15(10-14)20-19(24)18(23)11-17(22)13-6-8-16(25-2)9-7-13/h3-10H,11H2,1-2H3,(H,20,24). The number of carbonyl (C=O) groups excluding carboxylic acids is 4. The summed E-state index contributed by atoms with van der Waals surface area (Å²) in [7, 11) is 1.51. The van der Waals surface area contributed by atoms with E-state index in [1.165, 1.54) is 32.2 Å². The fraction of sp³-hybridized carbons (Fsp3) is 0.158. The summed E-state index contributed by atoms with van der Waals surface area (Å²) in [5.74, 6) is -1.78. The molecule has 0 unspecified atom stereocenters. The van der Waals surface area contributed by atoms with Gasteiger partial charge in [-0.05, 0) is 43.3 Å². The van der Waals surface area contributed by atoms with Crippen molar-refractivity contribution in [2.45, 2.75) is 13.3 Å². The Kier molecular flexibility index (Phi) is 5.79. The zero-order valence-electron chi connectivity index (χ0n) is 13.9. The lowest BCUT2D eigenvalue weighted by Gasteiger charge is -2.06. The monoisotopic (exact) mass is 339 g/mol. The highest BCUT2D eigenvalue weighted by Crippen LogP contribution is 2.14. The summed E-state index contributed by atoms with van der Waals surface area (Å²) < 4.78 is 4.99. The maximum Gasteiger partial charge on any atom is 0.292 e. The SMILES string of the molecule is COc1ccc(C(=O)CC(=O)C(=O)Nc2cccc(C(C)=O)c2)cc1. The smallest absolute Gasteiger partial charge is 0.292 e. The normalized spacial score (nSPS) is 10.0. The van der Waals surface area contributed by atoms with Crippen molar-refractivity contribution in [1.82, 2.24) is 0 Å². The Labute approximate surface area is 144 Å². The molecule has 2 aromatic carbocycles. The second-order valence-corrected chi connectivity index (χ2v) is 5.34. The fourth-order valence-electron chi connectivity index (χ4n) is 2.12. The molecule has 0 aliphatic rings. The summed E-state index contributed by atoms with van der Waals surface area (Å²) in [6.45, 7) is 1.40. The lowest BCUT2D eigenvalue weighted by molar-refractivity contribution is -0.134. The molecule has 0 aliphatic carbocycles. The summed E-state index contributed by atoms with van der Waals surface area (Å²) >= 11 is 0. The molecule has 2 aromatic rings. The van der Waals surface area contributed by atoms with Gasteiger partial charge in [-0.2, -0.15) is 0 Å². The highest BCUT2D eigenvalue weighted by atomic mass is 16.5. The second-order valence-electron chi connectivity index (χ2n) is 5.34. The van der Waals surface area contributed by atoms with Crippen LogP contribution in [0.4, 0.5) is 5.69 Å². The van der Waals surface area contributed by atoms with Crippen molar-refractivity contribution in [2.24, 2.45) is 0 Å². The Balaban J connectivity index is 1.99. The molecule has 1 N–H and O–H groups in total. The summed E-state index contributed by atoms with van der Waals surface area (Å²) in [6.07, 6.45) is -0.537. The molecule has 2 rings (SSSR count). The quantitative estimate of drug-likeness (QED) is 0.476. The van der Waals surface area contributed by atoms with Crippen LogP contribution in [0.15, 0.2) is 48.5 Å². The van der Waals surface area contributed by atoms with E-state index in [-0.39, 0.29) is 5.78 Å². The minimum absolute atomic E-state index is 0.155. The van der Waals surface area contributed by atoms with Crippen LogP contribution < -0.4 is 10.1 Å². The summed E-state index contributed by atoms with van der Waals surface area (Å²) in [5.41, 5.74) is 1.06. The molecule has 0 spiro atoms. The number of hydrogen-bond acceptors (Lipinski definition) is 5. The molecule has 0 fully saturated rings. The van der Waals surface area contributed by atoms with Gasteiger partial charge in [0.2, 0.25) is 5.78 Å². The van der Waals surface area contributed by atoms with E-state index in [1.54, 1.807) is 30.3 Å². The van der Waals surface area contributed by atoms with E-state index < -0.39 is 23.9 Å². The van der Waals surface area contributed by atoms with Gasteiger partial charge in [-0.25, -0.2) is 0 Å². The molecule has 25 heavy (non-hydrogen) atoms. The number of carbonyl (C=O) groups is 4. The summed E-state index contributed by atoms with van der Waals surface area (Å²) in [4.78, 5) is 47.3. The number of Topliss-reactive ketones (excluding diaryl/α,β-unsaturated/α-hetero) is 3. The number of anilines is 1. The van der Waals surface area contributed by atoms with Gasteiger partial charge in [-0.1, -0.05) is 12.1 Å². The van der Waals surface area contributed by atoms with Crippen molar-refractivity contribution >= 4 is 28.9 Å². The highest BCUT2D eigenvalue weighted by Gasteiger charge is 2.19. The van der Waals surface area contributed by atoms with Crippen LogP contribution in [-0.4, -0.2) is 30.4 Å². The van der Waals surface area contributed by atoms with Crippen LogP contribution in [0.1, 0.15) is 34.1 Å². The first-order valence-corrected chi connectivity index (χ1v) is 7.53. The third-order valence-electron chi connectivity index (χ3n) is 3.51. The molecule has 0 atom stereocenters. The van der Waals surface area contributed by atoms with Gasteiger partial charge < -0.3 is 10.1 Å². The number of nitrogens with one attached hydrogen (secondary N) is 1. The molecule has 0 saturated heterocycles. The van der Waals surface area contributed by atoms with Crippen LogP contribution in [0.25, 0.3) is 0 Å². The zero-order chi connectivity index (χ0) is 18.4. The van der Waals surface area contributed by atoms with Gasteiger partial charge in [0.25, 0.3) is 5.91 Å². The number of rotatable bonds is 7. The minimum atomic E-state index is -0.900. The second kappa shape index (κ2) is 8.01. The van der Waals surface area contributed by atoms with Gasteiger partial charge >= 0.3 is 0 Å². The molecule has 0 aliphatic heterocycles. The number of amides is 1. The molecule has 0 heterocycles. The first kappa shape index (κ1) is 18.1. The summed E-state index contributed by atoms with van der Waals surface area (Å²) in [5, 5.41) is 2.40. The molecular formula is C19H17NO5. The minimum Gasteiger partial charge on any atom is -0.497 e. The van der Waals surface area contributed by atoms with E-state index in [1.807, 2.05) is 0 Å². The van der Waals surface area contributed by atoms with Gasteiger partial charge in [0.05, 0.1) is 13.5 Å². The third-order valence-corrected chi connectivity index (χ3v) is 3.51. The van der Waals surface area contributed by atoms with Crippen LogP contribution in [0.2, 0.25) is 0 Å². The average Bonchev–Trinajstić information content (AvgIpc) is 2.61. The topological polar surface area (TPSA) is 89.5 Å². The van der Waals surface area contributed by atoms with Crippen molar-refractivity contribution in [3.63, 3.8) is 0 Å². The molecule has 0 radical (unpaired) electrons. The molecule has 6 heteroatoms. The van der Waals surface area contributed by atoms with Crippen molar-refractivity contribution in [2.75, 3.05) is 12.4 Å². The molecule has 0 aromatic heterocycles. The molecule has 0 bridgehead atoms. The first-order valence-electron chi connectivity index (χ1n) is 7.53. The predicted molar refractivity (Wildman–Crippen MR) is 92.0 cm³/mol. The van der Waals surface area contributed by atoms with Gasteiger partial charge in [-0.15, -0.1) is 0 Å².